The summed E-state index contributed by atoms with van der Waals surface area (Å²) >= 11 is 0. The number of allylic oxidation sites excluding steroid dienone is 1. The number of hydrogen-bond donors (Lipinski definition) is 0. The molecule has 1 aliphatic carbocycles. The highest BCUT2D eigenvalue weighted by atomic mass is 16.2. The summed E-state index contributed by atoms with van der Waals surface area (Å²) in [5.74, 6) is -0.0142. The van der Waals surface area contributed by atoms with Crippen LogP contribution in [-0.2, 0) is 16.1 Å². The van der Waals surface area contributed by atoms with Crippen molar-refractivity contribution >= 4 is 11.8 Å². The largest absolute Gasteiger partial charge is 0.337 e. The molecule has 0 radical (unpaired) electrons. The second-order valence-corrected chi connectivity index (χ2v) is 6.69. The van der Waals surface area contributed by atoms with Crippen LogP contribution in [0.25, 0.3) is 0 Å². The first-order chi connectivity index (χ1) is 12.1. The van der Waals surface area contributed by atoms with E-state index in [0.29, 0.717) is 19.6 Å². The van der Waals surface area contributed by atoms with Crippen LogP contribution in [0.2, 0.25) is 0 Å². The molecule has 1 aliphatic rings. The van der Waals surface area contributed by atoms with Crippen LogP contribution >= 0.6 is 0 Å². The number of amides is 2. The Morgan fingerprint density at radius 1 is 1.08 bits per heavy atom. The number of nitrogens with zero attached hydrogens (tertiary/aromatic N) is 2. The van der Waals surface area contributed by atoms with Gasteiger partial charge < -0.3 is 9.80 Å². The van der Waals surface area contributed by atoms with Crippen LogP contribution in [0.3, 0.4) is 0 Å². The molecule has 0 bridgehead atoms. The molecule has 0 unspecified atom stereocenters. The normalized spacial score (nSPS) is 13.9. The van der Waals surface area contributed by atoms with Crippen LogP contribution in [0.4, 0.5) is 0 Å². The number of rotatable bonds is 8. The molecule has 0 saturated carbocycles. The molecule has 0 N–H and O–H groups in total. The average molecular weight is 342 g/mol. The second-order valence-electron chi connectivity index (χ2n) is 6.69. The fraction of sp³-hybridized carbons (Fsp3) is 0.524. The summed E-state index contributed by atoms with van der Waals surface area (Å²) in [7, 11) is 0. The highest BCUT2D eigenvalue weighted by Gasteiger charge is 2.19. The molecule has 1 aromatic carbocycles. The lowest BCUT2D eigenvalue weighted by molar-refractivity contribution is -0.139. The van der Waals surface area contributed by atoms with Crippen molar-refractivity contribution < 1.29 is 9.59 Å². The van der Waals surface area contributed by atoms with Crippen LogP contribution in [-0.4, -0.2) is 41.2 Å². The zero-order valence-electron chi connectivity index (χ0n) is 15.5. The standard InChI is InChI=1S/C21H30N2O2/c1-3-22(16-20-12-8-5-9-13-20)21(25)17-23(18(2)24)15-14-19-10-6-4-7-11-19/h5,8-10,12-13H,3-4,6-7,11,14-17H2,1-2H3. The van der Waals surface area contributed by atoms with Gasteiger partial charge in [0.2, 0.25) is 11.8 Å². The van der Waals surface area contributed by atoms with Crippen LogP contribution < -0.4 is 0 Å². The van der Waals surface area contributed by atoms with E-state index in [-0.39, 0.29) is 18.4 Å². The highest BCUT2D eigenvalue weighted by molar-refractivity contribution is 5.83. The van der Waals surface area contributed by atoms with E-state index in [1.165, 1.54) is 18.4 Å². The van der Waals surface area contributed by atoms with Crippen molar-refractivity contribution in [3.05, 3.63) is 47.5 Å². The Morgan fingerprint density at radius 2 is 1.84 bits per heavy atom. The van der Waals surface area contributed by atoms with Crippen LogP contribution in [0.1, 0.15) is 51.5 Å². The molecular weight excluding hydrogens is 312 g/mol. The van der Waals surface area contributed by atoms with Gasteiger partial charge in [0.15, 0.2) is 0 Å². The van der Waals surface area contributed by atoms with Gasteiger partial charge in [0.25, 0.3) is 0 Å². The highest BCUT2D eigenvalue weighted by Crippen LogP contribution is 2.20. The van der Waals surface area contributed by atoms with Crippen molar-refractivity contribution in [1.82, 2.24) is 9.80 Å². The van der Waals surface area contributed by atoms with E-state index < -0.39 is 0 Å². The molecule has 25 heavy (non-hydrogen) atoms. The van der Waals surface area contributed by atoms with Crippen molar-refractivity contribution in [2.24, 2.45) is 0 Å². The Bertz CT molecular complexity index is 595. The molecule has 4 nitrogen and oxygen atoms in total. The van der Waals surface area contributed by atoms with E-state index in [9.17, 15) is 9.59 Å². The quantitative estimate of drug-likeness (QED) is 0.675. The molecule has 136 valence electrons. The van der Waals surface area contributed by atoms with Crippen molar-refractivity contribution in [2.45, 2.75) is 52.5 Å². The summed E-state index contributed by atoms with van der Waals surface area (Å²) in [6.45, 7) is 5.57. The molecular formula is C21H30N2O2. The maximum atomic E-state index is 12.7. The number of likely N-dealkylation sites (N-methyl/N-ethyl adjacent to an activating group) is 1. The molecule has 2 amide bonds. The fourth-order valence-corrected chi connectivity index (χ4v) is 3.20. The molecule has 2 rings (SSSR count). The molecule has 0 aromatic heterocycles. The Hall–Kier alpha value is -2.10. The molecule has 0 fully saturated rings. The lowest BCUT2D eigenvalue weighted by Gasteiger charge is -2.27. The van der Waals surface area contributed by atoms with Crippen LogP contribution in [0.5, 0.6) is 0 Å². The van der Waals surface area contributed by atoms with Gasteiger partial charge in [0.1, 0.15) is 0 Å². The van der Waals surface area contributed by atoms with Crippen LogP contribution in [0.15, 0.2) is 42.0 Å². The number of carbonyl (C=O) groups is 2. The molecule has 1 aromatic rings. The topological polar surface area (TPSA) is 40.6 Å². The zero-order valence-corrected chi connectivity index (χ0v) is 15.5. The number of carbonyl (C=O) groups excluding carboxylic acids is 2. The number of benzene rings is 1. The van der Waals surface area contributed by atoms with E-state index in [4.69, 9.17) is 0 Å². The Labute approximate surface area is 151 Å². The second kappa shape index (κ2) is 10.0. The maximum absolute atomic E-state index is 12.7. The Kier molecular flexibility index (Phi) is 7.71. The van der Waals surface area contributed by atoms with Gasteiger partial charge in [-0.15, -0.1) is 0 Å². The first-order valence-corrected chi connectivity index (χ1v) is 9.35. The Balaban J connectivity index is 1.91. The van der Waals surface area contributed by atoms with Gasteiger partial charge in [-0.3, -0.25) is 9.59 Å². The SMILES string of the molecule is CCN(Cc1ccccc1)C(=O)CN(CCC1=CCCCC1)C(C)=O. The third-order valence-electron chi connectivity index (χ3n) is 4.81. The summed E-state index contributed by atoms with van der Waals surface area (Å²) in [4.78, 5) is 28.1. The van der Waals surface area contributed by atoms with Gasteiger partial charge in [-0.25, -0.2) is 0 Å². The van der Waals surface area contributed by atoms with Crippen molar-refractivity contribution in [3.8, 4) is 0 Å². The molecule has 0 atom stereocenters. The smallest absolute Gasteiger partial charge is 0.242 e. The molecule has 0 aliphatic heterocycles. The lowest BCUT2D eigenvalue weighted by Crippen LogP contribution is -2.42. The van der Waals surface area contributed by atoms with E-state index in [2.05, 4.69) is 6.08 Å². The van der Waals surface area contributed by atoms with E-state index >= 15 is 0 Å². The lowest BCUT2D eigenvalue weighted by atomic mass is 9.97. The van der Waals surface area contributed by atoms with E-state index in [0.717, 1.165) is 24.8 Å². The monoisotopic (exact) mass is 342 g/mol. The van der Waals surface area contributed by atoms with E-state index in [1.54, 1.807) is 11.8 Å². The predicted octanol–water partition coefficient (Wildman–Crippen LogP) is 3.77. The Morgan fingerprint density at radius 3 is 2.44 bits per heavy atom. The summed E-state index contributed by atoms with van der Waals surface area (Å²) in [5, 5.41) is 0. The molecule has 0 heterocycles. The first kappa shape index (κ1) is 19.2. The summed E-state index contributed by atoms with van der Waals surface area (Å²) in [5.41, 5.74) is 2.54. The average Bonchev–Trinajstić information content (AvgIpc) is 2.64. The van der Waals surface area contributed by atoms with Crippen molar-refractivity contribution in [1.29, 1.82) is 0 Å². The van der Waals surface area contributed by atoms with Crippen LogP contribution in [0, 0.1) is 0 Å². The molecule has 0 saturated heterocycles. The van der Waals surface area contributed by atoms with E-state index in [1.807, 2.05) is 42.2 Å². The minimum atomic E-state index is -0.0273. The van der Waals surface area contributed by atoms with Gasteiger partial charge in [0, 0.05) is 26.6 Å². The molecule has 0 spiro atoms. The number of hydrogen-bond acceptors (Lipinski definition) is 2. The predicted molar refractivity (Wildman–Crippen MR) is 101 cm³/mol. The van der Waals surface area contributed by atoms with Gasteiger partial charge in [-0.2, -0.15) is 0 Å². The third-order valence-corrected chi connectivity index (χ3v) is 4.81. The summed E-state index contributed by atoms with van der Waals surface area (Å²) in [6, 6.07) is 9.97. The van der Waals surface area contributed by atoms with Gasteiger partial charge >= 0.3 is 0 Å². The minimum Gasteiger partial charge on any atom is -0.337 e. The van der Waals surface area contributed by atoms with Gasteiger partial charge in [0.05, 0.1) is 6.54 Å². The first-order valence-electron chi connectivity index (χ1n) is 9.35. The summed E-state index contributed by atoms with van der Waals surface area (Å²) < 4.78 is 0. The maximum Gasteiger partial charge on any atom is 0.242 e. The van der Waals surface area contributed by atoms with Gasteiger partial charge in [-0.1, -0.05) is 42.0 Å². The van der Waals surface area contributed by atoms with Crippen molar-refractivity contribution in [2.75, 3.05) is 19.6 Å². The fourth-order valence-electron chi connectivity index (χ4n) is 3.20. The van der Waals surface area contributed by atoms with Crippen molar-refractivity contribution in [3.63, 3.8) is 0 Å². The minimum absolute atomic E-state index is 0.0131. The summed E-state index contributed by atoms with van der Waals surface area (Å²) in [6.07, 6.45) is 7.98. The third kappa shape index (κ3) is 6.37. The molecule has 4 heteroatoms. The van der Waals surface area contributed by atoms with Gasteiger partial charge in [-0.05, 0) is 44.6 Å². The zero-order chi connectivity index (χ0) is 18.1.